The average molecular weight is 277 g/mol. The second-order valence-electron chi connectivity index (χ2n) is 7.35. The van der Waals surface area contributed by atoms with E-state index >= 15 is 0 Å². The van der Waals surface area contributed by atoms with Crippen LogP contribution in [0.4, 0.5) is 4.39 Å². The molecule has 1 aliphatic carbocycles. The molecule has 0 amide bonds. The molecule has 2 rings (SSSR count). The van der Waals surface area contributed by atoms with Crippen molar-refractivity contribution in [3.05, 3.63) is 35.1 Å². The van der Waals surface area contributed by atoms with Crippen molar-refractivity contribution in [1.29, 1.82) is 0 Å². The van der Waals surface area contributed by atoms with Crippen LogP contribution in [0.2, 0.25) is 0 Å². The summed E-state index contributed by atoms with van der Waals surface area (Å²) < 4.78 is 13.7. The van der Waals surface area contributed by atoms with E-state index in [0.29, 0.717) is 5.92 Å². The molecule has 1 nitrogen and oxygen atoms in total. The van der Waals surface area contributed by atoms with E-state index in [-0.39, 0.29) is 22.7 Å². The third-order valence-corrected chi connectivity index (χ3v) is 5.66. The molecule has 0 saturated heterocycles. The predicted octanol–water partition coefficient (Wildman–Crippen LogP) is 4.86. The minimum absolute atomic E-state index is 0.134. The van der Waals surface area contributed by atoms with E-state index in [2.05, 4.69) is 46.9 Å². The molecule has 1 N–H and O–H groups in total. The Kier molecular flexibility index (Phi) is 3.98. The Balaban J connectivity index is 2.37. The smallest absolute Gasteiger partial charge is 0.123 e. The Bertz CT molecular complexity index is 476. The molecule has 1 atom stereocenters. The van der Waals surface area contributed by atoms with E-state index in [1.807, 2.05) is 6.07 Å². The fourth-order valence-electron chi connectivity index (χ4n) is 3.73. The van der Waals surface area contributed by atoms with Gasteiger partial charge < -0.3 is 5.32 Å². The molecule has 0 aromatic heterocycles. The highest BCUT2D eigenvalue weighted by molar-refractivity contribution is 5.34. The Morgan fingerprint density at radius 3 is 2.30 bits per heavy atom. The zero-order chi connectivity index (χ0) is 15.1. The van der Waals surface area contributed by atoms with Gasteiger partial charge in [0.25, 0.3) is 0 Å². The van der Waals surface area contributed by atoms with Gasteiger partial charge in [-0.15, -0.1) is 0 Å². The first-order valence-electron chi connectivity index (χ1n) is 7.73. The van der Waals surface area contributed by atoms with Crippen LogP contribution in [0.15, 0.2) is 18.2 Å². The molecule has 0 bridgehead atoms. The highest BCUT2D eigenvalue weighted by Gasteiger charge is 2.67. The molecular weight excluding hydrogens is 249 g/mol. The van der Waals surface area contributed by atoms with Crippen LogP contribution >= 0.6 is 0 Å². The van der Waals surface area contributed by atoms with Gasteiger partial charge in [-0.2, -0.15) is 0 Å². The van der Waals surface area contributed by atoms with Crippen molar-refractivity contribution in [2.75, 3.05) is 6.54 Å². The lowest BCUT2D eigenvalue weighted by atomic mass is 9.93. The molecule has 0 radical (unpaired) electrons. The first-order chi connectivity index (χ1) is 9.23. The number of hydrogen-bond acceptors (Lipinski definition) is 1. The topological polar surface area (TPSA) is 12.0 Å². The lowest BCUT2D eigenvalue weighted by molar-refractivity contribution is 0.407. The Morgan fingerprint density at radius 2 is 1.80 bits per heavy atom. The maximum absolute atomic E-state index is 13.7. The third-order valence-electron chi connectivity index (χ3n) is 5.66. The molecule has 20 heavy (non-hydrogen) atoms. The third kappa shape index (κ3) is 2.39. The number of halogens is 1. The molecule has 1 unspecified atom stereocenters. The van der Waals surface area contributed by atoms with Crippen molar-refractivity contribution in [1.82, 2.24) is 5.32 Å². The number of aryl methyl sites for hydroxylation is 1. The monoisotopic (exact) mass is 277 g/mol. The summed E-state index contributed by atoms with van der Waals surface area (Å²) in [6, 6.07) is 5.41. The van der Waals surface area contributed by atoms with Crippen LogP contribution in [-0.2, 0) is 0 Å². The number of hydrogen-bond donors (Lipinski definition) is 1. The van der Waals surface area contributed by atoms with Gasteiger partial charge in [0.2, 0.25) is 0 Å². The summed E-state index contributed by atoms with van der Waals surface area (Å²) in [6.07, 6.45) is 1.10. The minimum atomic E-state index is -0.134. The highest BCUT2D eigenvalue weighted by Crippen LogP contribution is 2.72. The molecule has 112 valence electrons. The summed E-state index contributed by atoms with van der Waals surface area (Å²) >= 11 is 0. The van der Waals surface area contributed by atoms with Crippen molar-refractivity contribution >= 4 is 0 Å². The summed E-state index contributed by atoms with van der Waals surface area (Å²) in [6.45, 7) is 14.5. The molecule has 1 aromatic rings. The maximum Gasteiger partial charge on any atom is 0.123 e. The van der Waals surface area contributed by atoms with E-state index < -0.39 is 0 Å². The lowest BCUT2D eigenvalue weighted by Gasteiger charge is -2.23. The molecule has 1 aliphatic rings. The molecular formula is C18H28FN. The Hall–Kier alpha value is -0.890. The van der Waals surface area contributed by atoms with Crippen molar-refractivity contribution in [3.8, 4) is 0 Å². The molecule has 2 heteroatoms. The van der Waals surface area contributed by atoms with E-state index in [9.17, 15) is 4.39 Å². The van der Waals surface area contributed by atoms with E-state index in [0.717, 1.165) is 18.5 Å². The summed E-state index contributed by atoms with van der Waals surface area (Å²) in [4.78, 5) is 0. The van der Waals surface area contributed by atoms with Gasteiger partial charge in [0.05, 0.1) is 0 Å². The van der Waals surface area contributed by atoms with Crippen LogP contribution in [-0.4, -0.2) is 6.54 Å². The lowest BCUT2D eigenvalue weighted by Crippen LogP contribution is -2.27. The van der Waals surface area contributed by atoms with Crippen LogP contribution < -0.4 is 5.32 Å². The quantitative estimate of drug-likeness (QED) is 0.810. The summed E-state index contributed by atoms with van der Waals surface area (Å²) in [7, 11) is 0. The van der Waals surface area contributed by atoms with Crippen molar-refractivity contribution < 1.29 is 4.39 Å². The van der Waals surface area contributed by atoms with Gasteiger partial charge in [-0.1, -0.05) is 40.7 Å². The molecule has 1 saturated carbocycles. The van der Waals surface area contributed by atoms with Gasteiger partial charge in [0.1, 0.15) is 5.82 Å². The highest BCUT2D eigenvalue weighted by atomic mass is 19.1. The van der Waals surface area contributed by atoms with Crippen LogP contribution in [0.1, 0.15) is 58.2 Å². The van der Waals surface area contributed by atoms with Gasteiger partial charge in [-0.25, -0.2) is 4.39 Å². The van der Waals surface area contributed by atoms with Crippen molar-refractivity contribution in [2.24, 2.45) is 16.7 Å². The van der Waals surface area contributed by atoms with E-state index in [1.165, 1.54) is 5.56 Å². The standard InChI is InChI=1S/C18H28FN/c1-7-10-20-15(16-17(3,4)18(16,5)6)14-11-13(19)9-8-12(14)2/h8-9,11,15-16,20H,7,10H2,1-6H3. The average Bonchev–Trinajstić information content (AvgIpc) is 2.76. The Labute approximate surface area is 123 Å². The zero-order valence-corrected chi connectivity index (χ0v) is 13.7. The first kappa shape index (κ1) is 15.5. The van der Waals surface area contributed by atoms with Crippen LogP contribution in [0, 0.1) is 29.5 Å². The van der Waals surface area contributed by atoms with Gasteiger partial charge in [-0.05, 0) is 59.9 Å². The molecule has 1 aromatic carbocycles. The number of rotatable bonds is 5. The van der Waals surface area contributed by atoms with Gasteiger partial charge in [0, 0.05) is 6.04 Å². The largest absolute Gasteiger partial charge is 0.310 e. The van der Waals surface area contributed by atoms with E-state index in [4.69, 9.17) is 0 Å². The second kappa shape index (κ2) is 5.14. The van der Waals surface area contributed by atoms with E-state index in [1.54, 1.807) is 12.1 Å². The zero-order valence-electron chi connectivity index (χ0n) is 13.7. The summed E-state index contributed by atoms with van der Waals surface area (Å²) in [5, 5.41) is 3.66. The van der Waals surface area contributed by atoms with Gasteiger partial charge in [-0.3, -0.25) is 0 Å². The van der Waals surface area contributed by atoms with Crippen molar-refractivity contribution in [3.63, 3.8) is 0 Å². The number of benzene rings is 1. The Morgan fingerprint density at radius 1 is 1.20 bits per heavy atom. The van der Waals surface area contributed by atoms with Crippen LogP contribution in [0.3, 0.4) is 0 Å². The predicted molar refractivity (Wildman–Crippen MR) is 83.2 cm³/mol. The van der Waals surface area contributed by atoms with Crippen molar-refractivity contribution in [2.45, 2.75) is 54.0 Å². The summed E-state index contributed by atoms with van der Waals surface area (Å²) in [5.41, 5.74) is 2.88. The van der Waals surface area contributed by atoms with Crippen LogP contribution in [0.25, 0.3) is 0 Å². The SMILES string of the molecule is CCCNC(c1cc(F)ccc1C)C1C(C)(C)C1(C)C. The molecule has 1 fully saturated rings. The molecule has 0 heterocycles. The minimum Gasteiger partial charge on any atom is -0.310 e. The van der Waals surface area contributed by atoms with Crippen LogP contribution in [0.5, 0.6) is 0 Å². The fraction of sp³-hybridized carbons (Fsp3) is 0.667. The molecule has 0 aliphatic heterocycles. The summed E-state index contributed by atoms with van der Waals surface area (Å²) in [5.74, 6) is 0.409. The first-order valence-corrected chi connectivity index (χ1v) is 7.73. The molecule has 0 spiro atoms. The normalized spacial score (nSPS) is 21.8. The fourth-order valence-corrected chi connectivity index (χ4v) is 3.73. The van der Waals surface area contributed by atoms with Gasteiger partial charge >= 0.3 is 0 Å². The number of nitrogens with one attached hydrogen (secondary N) is 1. The maximum atomic E-state index is 13.7. The second-order valence-corrected chi connectivity index (χ2v) is 7.35. The van der Waals surface area contributed by atoms with Gasteiger partial charge in [0.15, 0.2) is 0 Å².